The van der Waals surface area contributed by atoms with Crippen LogP contribution >= 0.6 is 46.4 Å². The van der Waals surface area contributed by atoms with Gasteiger partial charge in [-0.2, -0.15) is 0 Å². The lowest BCUT2D eigenvalue weighted by atomic mass is 10.1. The second kappa shape index (κ2) is 15.1. The monoisotopic (exact) mass is 657 g/mol. The molecule has 0 fully saturated rings. The summed E-state index contributed by atoms with van der Waals surface area (Å²) >= 11 is 25.3. The Kier molecular flexibility index (Phi) is 12.2. The molecule has 41 heavy (non-hydrogen) atoms. The number of nitrogens with one attached hydrogen (secondary N) is 1. The molecule has 220 valence electrons. The van der Waals surface area contributed by atoms with Crippen molar-refractivity contribution < 1.29 is 18.0 Å². The van der Waals surface area contributed by atoms with Gasteiger partial charge in [-0.25, -0.2) is 8.42 Å². The van der Waals surface area contributed by atoms with Crippen LogP contribution in [-0.2, 0) is 26.2 Å². The Morgan fingerprint density at radius 1 is 0.878 bits per heavy atom. The second-order valence-corrected chi connectivity index (χ2v) is 12.8. The van der Waals surface area contributed by atoms with Crippen LogP contribution in [-0.4, -0.2) is 44.3 Å². The summed E-state index contributed by atoms with van der Waals surface area (Å²) in [5, 5.41) is 3.88. The minimum atomic E-state index is -4.26. The van der Waals surface area contributed by atoms with Gasteiger partial charge >= 0.3 is 0 Å². The van der Waals surface area contributed by atoms with E-state index in [-0.39, 0.29) is 39.5 Å². The highest BCUT2D eigenvalue weighted by atomic mass is 35.5. The zero-order valence-electron chi connectivity index (χ0n) is 22.6. The highest BCUT2D eigenvalue weighted by Crippen LogP contribution is 2.31. The van der Waals surface area contributed by atoms with Gasteiger partial charge in [-0.3, -0.25) is 13.9 Å². The predicted molar refractivity (Wildman–Crippen MR) is 166 cm³/mol. The van der Waals surface area contributed by atoms with Gasteiger partial charge in [0.15, 0.2) is 0 Å². The Morgan fingerprint density at radius 3 is 2.05 bits per heavy atom. The van der Waals surface area contributed by atoms with Crippen LogP contribution in [0.1, 0.15) is 38.7 Å². The third-order valence-electron chi connectivity index (χ3n) is 6.35. The van der Waals surface area contributed by atoms with Crippen molar-refractivity contribution in [1.29, 1.82) is 0 Å². The molecule has 0 saturated heterocycles. The summed E-state index contributed by atoms with van der Waals surface area (Å²) in [5.74, 6) is -1.00. The van der Waals surface area contributed by atoms with Gasteiger partial charge in [0.05, 0.1) is 10.6 Å². The number of amides is 2. The third kappa shape index (κ3) is 8.52. The molecule has 2 amide bonds. The first-order valence-corrected chi connectivity index (χ1v) is 16.0. The number of anilines is 1. The van der Waals surface area contributed by atoms with Gasteiger partial charge in [0.1, 0.15) is 12.6 Å². The lowest BCUT2D eigenvalue weighted by Crippen LogP contribution is -2.52. The molecule has 12 heteroatoms. The standard InChI is InChI=1S/C29H31Cl4N3O4S/c1-3-5-14-34-29(38)27(4-2)35(18-24-25(32)12-9-13-26(24)33)28(37)19-36(22-16-20(30)15-21(31)17-22)41(39,40)23-10-7-6-8-11-23/h6-13,15-17,27H,3-5,14,18-19H2,1-2H3,(H,34,38)/t27-/m0/s1. The van der Waals surface area contributed by atoms with E-state index in [0.717, 1.165) is 17.1 Å². The van der Waals surface area contributed by atoms with Crippen molar-refractivity contribution in [2.45, 2.75) is 50.6 Å². The predicted octanol–water partition coefficient (Wildman–Crippen LogP) is 7.22. The van der Waals surface area contributed by atoms with E-state index >= 15 is 0 Å². The van der Waals surface area contributed by atoms with E-state index in [4.69, 9.17) is 46.4 Å². The zero-order chi connectivity index (χ0) is 30.2. The number of unbranched alkanes of at least 4 members (excludes halogenated alkanes) is 1. The molecule has 3 rings (SSSR count). The molecule has 0 radical (unpaired) electrons. The molecule has 0 bridgehead atoms. The van der Waals surface area contributed by atoms with Crippen molar-refractivity contribution in [3.63, 3.8) is 0 Å². The first kappa shape index (κ1) is 33.0. The van der Waals surface area contributed by atoms with Crippen molar-refractivity contribution in [3.05, 3.63) is 92.4 Å². The Morgan fingerprint density at radius 2 is 1.49 bits per heavy atom. The molecule has 7 nitrogen and oxygen atoms in total. The molecule has 3 aromatic rings. The Balaban J connectivity index is 2.10. The number of sulfonamides is 1. The van der Waals surface area contributed by atoms with Crippen LogP contribution in [0.25, 0.3) is 0 Å². The number of halogens is 4. The molecule has 1 N–H and O–H groups in total. The van der Waals surface area contributed by atoms with E-state index in [1.54, 1.807) is 43.3 Å². The van der Waals surface area contributed by atoms with Crippen LogP contribution < -0.4 is 9.62 Å². The van der Waals surface area contributed by atoms with Gasteiger partial charge in [-0.1, -0.05) is 90.9 Å². The Bertz CT molecular complexity index is 1430. The quantitative estimate of drug-likeness (QED) is 0.197. The first-order chi connectivity index (χ1) is 19.5. The molecule has 0 aliphatic rings. The molecule has 0 saturated carbocycles. The van der Waals surface area contributed by atoms with Gasteiger partial charge in [-0.05, 0) is 55.3 Å². The molecule has 0 aliphatic carbocycles. The number of hydrogen-bond donors (Lipinski definition) is 1. The summed E-state index contributed by atoms with van der Waals surface area (Å²) in [4.78, 5) is 28.7. The third-order valence-corrected chi connectivity index (χ3v) is 9.28. The maximum atomic E-state index is 14.1. The van der Waals surface area contributed by atoms with Crippen LogP contribution in [0.2, 0.25) is 20.1 Å². The molecular formula is C29H31Cl4N3O4S. The van der Waals surface area contributed by atoms with Gasteiger partial charge in [0.2, 0.25) is 11.8 Å². The number of benzene rings is 3. The van der Waals surface area contributed by atoms with Gasteiger partial charge in [0, 0.05) is 38.7 Å². The van der Waals surface area contributed by atoms with Crippen LogP contribution in [0.15, 0.2) is 71.6 Å². The molecule has 0 spiro atoms. The Labute approximate surface area is 261 Å². The second-order valence-electron chi connectivity index (χ2n) is 9.24. The number of rotatable bonds is 13. The highest BCUT2D eigenvalue weighted by Gasteiger charge is 2.34. The van der Waals surface area contributed by atoms with E-state index in [1.165, 1.54) is 35.2 Å². The van der Waals surface area contributed by atoms with Crippen molar-refractivity contribution in [1.82, 2.24) is 10.2 Å². The summed E-state index contributed by atoms with van der Waals surface area (Å²) < 4.78 is 28.7. The largest absolute Gasteiger partial charge is 0.354 e. The maximum Gasteiger partial charge on any atom is 0.264 e. The van der Waals surface area contributed by atoms with E-state index in [0.29, 0.717) is 22.2 Å². The van der Waals surface area contributed by atoms with Gasteiger partial charge in [-0.15, -0.1) is 0 Å². The van der Waals surface area contributed by atoms with Crippen molar-refractivity contribution >= 4 is 73.9 Å². The summed E-state index contributed by atoms with van der Waals surface area (Å²) in [5.41, 5.74) is 0.531. The van der Waals surface area contributed by atoms with E-state index in [1.807, 2.05) is 6.92 Å². The Hall–Kier alpha value is -2.49. The number of carbonyl (C=O) groups excluding carboxylic acids is 2. The zero-order valence-corrected chi connectivity index (χ0v) is 26.5. The van der Waals surface area contributed by atoms with E-state index in [9.17, 15) is 18.0 Å². The molecule has 0 heterocycles. The highest BCUT2D eigenvalue weighted by molar-refractivity contribution is 7.92. The molecular weight excluding hydrogens is 628 g/mol. The minimum Gasteiger partial charge on any atom is -0.354 e. The molecule has 1 atom stereocenters. The molecule has 3 aromatic carbocycles. The smallest absolute Gasteiger partial charge is 0.264 e. The number of hydrogen-bond acceptors (Lipinski definition) is 4. The summed E-state index contributed by atoms with van der Waals surface area (Å²) in [7, 11) is -4.26. The molecule has 0 aromatic heterocycles. The average molecular weight is 659 g/mol. The van der Waals surface area contributed by atoms with E-state index in [2.05, 4.69) is 5.32 Å². The van der Waals surface area contributed by atoms with Crippen molar-refractivity contribution in [3.8, 4) is 0 Å². The fourth-order valence-electron chi connectivity index (χ4n) is 4.21. The van der Waals surface area contributed by atoms with Crippen LogP contribution in [0, 0.1) is 0 Å². The minimum absolute atomic E-state index is 0.0334. The summed E-state index contributed by atoms with van der Waals surface area (Å²) in [6.07, 6.45) is 1.91. The molecule has 0 aliphatic heterocycles. The van der Waals surface area contributed by atoms with Crippen LogP contribution in [0.5, 0.6) is 0 Å². The van der Waals surface area contributed by atoms with Crippen LogP contribution in [0.4, 0.5) is 5.69 Å². The first-order valence-electron chi connectivity index (χ1n) is 13.0. The fraction of sp³-hybridized carbons (Fsp3) is 0.310. The molecule has 0 unspecified atom stereocenters. The average Bonchev–Trinajstić information content (AvgIpc) is 2.93. The van der Waals surface area contributed by atoms with E-state index < -0.39 is 28.5 Å². The maximum absolute atomic E-state index is 14.1. The van der Waals surface area contributed by atoms with Crippen LogP contribution in [0.3, 0.4) is 0 Å². The number of nitrogens with zero attached hydrogens (tertiary/aromatic N) is 2. The van der Waals surface area contributed by atoms with Gasteiger partial charge < -0.3 is 10.2 Å². The fourth-order valence-corrected chi connectivity index (χ4v) is 6.66. The topological polar surface area (TPSA) is 86.8 Å². The lowest BCUT2D eigenvalue weighted by Gasteiger charge is -2.33. The van der Waals surface area contributed by atoms with Crippen molar-refractivity contribution in [2.24, 2.45) is 0 Å². The summed E-state index contributed by atoms with van der Waals surface area (Å²) in [6.45, 7) is 3.45. The van der Waals surface area contributed by atoms with Gasteiger partial charge in [0.25, 0.3) is 10.0 Å². The normalized spacial score (nSPS) is 12.0. The van der Waals surface area contributed by atoms with Crippen molar-refractivity contribution in [2.75, 3.05) is 17.4 Å². The summed E-state index contributed by atoms with van der Waals surface area (Å²) in [6, 6.07) is 16.0. The number of carbonyl (C=O) groups is 2. The lowest BCUT2D eigenvalue weighted by molar-refractivity contribution is -0.140. The SMILES string of the molecule is CCCCNC(=O)[C@H](CC)N(Cc1c(Cl)cccc1Cl)C(=O)CN(c1cc(Cl)cc(Cl)c1)S(=O)(=O)c1ccccc1.